The molecule has 1 N–H and O–H groups in total. The van der Waals surface area contributed by atoms with E-state index in [0.717, 1.165) is 29.7 Å². The van der Waals surface area contributed by atoms with Gasteiger partial charge in [-0.3, -0.25) is 9.59 Å². The first kappa shape index (κ1) is 29.7. The highest BCUT2D eigenvalue weighted by molar-refractivity contribution is 8.01. The van der Waals surface area contributed by atoms with Crippen molar-refractivity contribution in [2.24, 2.45) is 0 Å². The van der Waals surface area contributed by atoms with Crippen LogP contribution in [0.5, 0.6) is 0 Å². The van der Waals surface area contributed by atoms with Gasteiger partial charge in [0.2, 0.25) is 0 Å². The summed E-state index contributed by atoms with van der Waals surface area (Å²) in [5, 5.41) is 11.2. The number of carboxylic acid groups (broad SMARTS) is 1. The lowest BCUT2D eigenvalue weighted by Crippen LogP contribution is -2.57. The van der Waals surface area contributed by atoms with Crippen LogP contribution in [0, 0.1) is 5.82 Å². The Balaban J connectivity index is 1.59. The second-order valence-corrected chi connectivity index (χ2v) is 12.5. The molecule has 1 amide bonds. The van der Waals surface area contributed by atoms with Gasteiger partial charge in [0.15, 0.2) is 0 Å². The molecule has 2 aliphatic rings. The van der Waals surface area contributed by atoms with E-state index in [9.17, 15) is 19.1 Å². The number of carbonyl (C=O) groups is 2. The van der Waals surface area contributed by atoms with Crippen molar-refractivity contribution in [1.82, 2.24) is 4.90 Å². The van der Waals surface area contributed by atoms with E-state index in [1.807, 2.05) is 31.2 Å². The number of rotatable bonds is 11. The number of amides is 1. The van der Waals surface area contributed by atoms with Crippen LogP contribution in [-0.4, -0.2) is 45.8 Å². The van der Waals surface area contributed by atoms with Crippen molar-refractivity contribution in [3.8, 4) is 0 Å². The summed E-state index contributed by atoms with van der Waals surface area (Å²) in [6.07, 6.45) is 0.474. The zero-order valence-corrected chi connectivity index (χ0v) is 24.8. The molecule has 0 bridgehead atoms. The minimum absolute atomic E-state index is 0.316. The number of nitrogens with zero attached hydrogens (tertiary/aromatic N) is 2. The zero-order valence-electron chi connectivity index (χ0n) is 22.5. The van der Waals surface area contributed by atoms with Crippen molar-refractivity contribution < 1.29 is 23.8 Å². The third kappa shape index (κ3) is 7.17. The van der Waals surface area contributed by atoms with E-state index in [0.29, 0.717) is 28.3 Å². The highest BCUT2D eigenvalue weighted by Gasteiger charge is 2.47. The van der Waals surface area contributed by atoms with Gasteiger partial charge in [-0.25, -0.2) is 4.39 Å². The molecule has 4 atom stereocenters. The maximum absolute atomic E-state index is 14.2. The molecule has 5 rings (SSSR count). The normalized spacial score (nSPS) is 21.5. The molecule has 3 aromatic rings. The first-order valence-electron chi connectivity index (χ1n) is 13.6. The number of ether oxygens (including phenoxy) is 1. The Morgan fingerprint density at radius 1 is 1.07 bits per heavy atom. The van der Waals surface area contributed by atoms with Gasteiger partial charge in [-0.15, -0.1) is 0 Å². The summed E-state index contributed by atoms with van der Waals surface area (Å²) in [7, 11) is 0. The number of carbonyl (C=O) groups excluding carboxylic acids is 1. The molecule has 1 saturated carbocycles. The zero-order chi connectivity index (χ0) is 29.1. The Kier molecular flexibility index (Phi) is 9.44. The predicted octanol–water partition coefficient (Wildman–Crippen LogP) is 7.71. The van der Waals surface area contributed by atoms with Crippen molar-refractivity contribution >= 4 is 52.7 Å². The molecule has 6 nitrogen and oxygen atoms in total. The van der Waals surface area contributed by atoms with Crippen LogP contribution >= 0.6 is 35.1 Å². The predicted molar refractivity (Wildman–Crippen MR) is 161 cm³/mol. The highest BCUT2D eigenvalue weighted by atomic mass is 35.5. The Morgan fingerprint density at radius 2 is 1.78 bits per heavy atom. The van der Waals surface area contributed by atoms with E-state index < -0.39 is 30.6 Å². The van der Waals surface area contributed by atoms with Gasteiger partial charge in [0, 0.05) is 21.0 Å². The monoisotopic (exact) mass is 616 g/mol. The van der Waals surface area contributed by atoms with Crippen LogP contribution in [0.1, 0.15) is 55.9 Å². The van der Waals surface area contributed by atoms with Crippen LogP contribution < -0.4 is 4.31 Å². The molecule has 216 valence electrons. The van der Waals surface area contributed by atoms with E-state index in [-0.39, 0.29) is 17.8 Å². The summed E-state index contributed by atoms with van der Waals surface area (Å²) in [5.74, 6) is -1.82. The molecule has 1 heterocycles. The average molecular weight is 618 g/mol. The first-order chi connectivity index (χ1) is 19.7. The van der Waals surface area contributed by atoms with E-state index in [2.05, 4.69) is 4.31 Å². The minimum atomic E-state index is -1.18. The van der Waals surface area contributed by atoms with Crippen molar-refractivity contribution in [2.45, 2.75) is 62.1 Å². The van der Waals surface area contributed by atoms with Crippen LogP contribution in [-0.2, 0) is 14.3 Å². The Hall–Kier alpha value is -2.78. The molecule has 3 aromatic carbocycles. The minimum Gasteiger partial charge on any atom is -0.481 e. The smallest absolute Gasteiger partial charge is 0.306 e. The van der Waals surface area contributed by atoms with Crippen molar-refractivity contribution in [3.63, 3.8) is 0 Å². The van der Waals surface area contributed by atoms with Crippen molar-refractivity contribution in [3.05, 3.63) is 99.8 Å². The quantitative estimate of drug-likeness (QED) is 0.222. The van der Waals surface area contributed by atoms with Crippen LogP contribution in [0.3, 0.4) is 0 Å². The number of anilines is 1. The molecule has 1 aliphatic carbocycles. The maximum atomic E-state index is 14.2. The van der Waals surface area contributed by atoms with E-state index in [1.54, 1.807) is 53.2 Å². The Labute approximate surface area is 253 Å². The van der Waals surface area contributed by atoms with Gasteiger partial charge in [0.1, 0.15) is 18.0 Å². The lowest BCUT2D eigenvalue weighted by molar-refractivity contribution is -0.183. The number of aliphatic carboxylic acids is 1. The van der Waals surface area contributed by atoms with Gasteiger partial charge in [-0.05, 0) is 90.9 Å². The molecular weight excluding hydrogens is 586 g/mol. The van der Waals surface area contributed by atoms with E-state index in [4.69, 9.17) is 27.9 Å². The SMILES string of the molecule is CCC(CN(SC1CC1)c1ccc(F)cc1)N1C(=O)C(CC(=O)O)OC(c2cccc(Cl)c2)C1c1ccc(Cl)cc1. The van der Waals surface area contributed by atoms with Gasteiger partial charge in [-0.1, -0.05) is 54.4 Å². The van der Waals surface area contributed by atoms with Crippen LogP contribution in [0.2, 0.25) is 10.0 Å². The number of hydrogen-bond acceptors (Lipinski definition) is 5. The molecule has 0 spiro atoms. The van der Waals surface area contributed by atoms with E-state index in [1.165, 1.54) is 12.1 Å². The molecule has 0 radical (unpaired) electrons. The van der Waals surface area contributed by atoms with Crippen molar-refractivity contribution in [2.75, 3.05) is 10.8 Å². The fraction of sp³-hybridized carbons (Fsp3) is 0.355. The molecule has 1 saturated heterocycles. The molecule has 2 fully saturated rings. The third-order valence-electron chi connectivity index (χ3n) is 7.33. The summed E-state index contributed by atoms with van der Waals surface area (Å²) in [4.78, 5) is 27.8. The number of morpholine rings is 1. The fourth-order valence-electron chi connectivity index (χ4n) is 5.17. The molecule has 4 unspecified atom stereocenters. The second-order valence-electron chi connectivity index (χ2n) is 10.3. The maximum Gasteiger partial charge on any atom is 0.306 e. The largest absolute Gasteiger partial charge is 0.481 e. The molecular formula is C31H31Cl2FN2O4S. The average Bonchev–Trinajstić information content (AvgIpc) is 3.77. The Bertz CT molecular complexity index is 1370. The summed E-state index contributed by atoms with van der Waals surface area (Å²) in [6, 6.07) is 20.0. The molecule has 1 aliphatic heterocycles. The number of halogens is 3. The topological polar surface area (TPSA) is 70.1 Å². The Morgan fingerprint density at radius 3 is 2.39 bits per heavy atom. The van der Waals surface area contributed by atoms with Crippen LogP contribution in [0.15, 0.2) is 72.8 Å². The highest BCUT2D eigenvalue weighted by Crippen LogP contribution is 2.46. The molecule has 10 heteroatoms. The second kappa shape index (κ2) is 13.0. The van der Waals surface area contributed by atoms with Gasteiger partial charge in [-0.2, -0.15) is 0 Å². The lowest BCUT2D eigenvalue weighted by Gasteiger charge is -2.48. The first-order valence-corrected chi connectivity index (χ1v) is 15.2. The third-order valence-corrected chi connectivity index (χ3v) is 9.20. The van der Waals surface area contributed by atoms with Gasteiger partial charge in [0.25, 0.3) is 5.91 Å². The van der Waals surface area contributed by atoms with Crippen molar-refractivity contribution in [1.29, 1.82) is 0 Å². The van der Waals surface area contributed by atoms with Crippen LogP contribution in [0.25, 0.3) is 0 Å². The van der Waals surface area contributed by atoms with Gasteiger partial charge < -0.3 is 19.0 Å². The standard InChI is InChI=1S/C31H31Cl2FN2O4S/c1-2-24(18-35(41-26-14-15-26)25-12-10-23(34)11-13-25)36-29(19-6-8-21(32)9-7-19)30(20-4-3-5-22(33)16-20)40-27(31(36)39)17-28(37)38/h3-13,16,24,26-27,29-30H,2,14-15,17-18H2,1H3,(H,37,38). The lowest BCUT2D eigenvalue weighted by atomic mass is 9.89. The van der Waals surface area contributed by atoms with Gasteiger partial charge >= 0.3 is 5.97 Å². The summed E-state index contributed by atoms with van der Waals surface area (Å²) in [5.41, 5.74) is 2.39. The summed E-state index contributed by atoms with van der Waals surface area (Å²) >= 11 is 14.3. The number of hydrogen-bond donors (Lipinski definition) is 1. The molecule has 41 heavy (non-hydrogen) atoms. The van der Waals surface area contributed by atoms with Gasteiger partial charge in [0.05, 0.1) is 25.0 Å². The summed E-state index contributed by atoms with van der Waals surface area (Å²) in [6.45, 7) is 2.47. The summed E-state index contributed by atoms with van der Waals surface area (Å²) < 4.78 is 22.2. The van der Waals surface area contributed by atoms with Crippen LogP contribution in [0.4, 0.5) is 10.1 Å². The number of carboxylic acids is 1. The van der Waals surface area contributed by atoms with E-state index >= 15 is 0 Å². The molecule has 0 aromatic heterocycles. The fourth-order valence-corrected chi connectivity index (χ4v) is 6.71. The number of benzene rings is 3.